The van der Waals surface area contributed by atoms with Gasteiger partial charge in [0.1, 0.15) is 5.82 Å². The number of aromatic amines is 1. The van der Waals surface area contributed by atoms with Crippen molar-refractivity contribution in [3.63, 3.8) is 0 Å². The van der Waals surface area contributed by atoms with E-state index in [2.05, 4.69) is 25.7 Å². The summed E-state index contributed by atoms with van der Waals surface area (Å²) >= 11 is 1.43. The van der Waals surface area contributed by atoms with Crippen molar-refractivity contribution in [2.75, 3.05) is 32.5 Å². The Balaban J connectivity index is 1.61. The summed E-state index contributed by atoms with van der Waals surface area (Å²) in [4.78, 5) is 27.8. The summed E-state index contributed by atoms with van der Waals surface area (Å²) in [7, 11) is 3.97. The number of halogens is 1. The van der Waals surface area contributed by atoms with E-state index in [1.807, 2.05) is 44.4 Å². The predicted molar refractivity (Wildman–Crippen MR) is 133 cm³/mol. The van der Waals surface area contributed by atoms with Crippen LogP contribution in [0.3, 0.4) is 0 Å². The van der Waals surface area contributed by atoms with Crippen LogP contribution in [0.5, 0.6) is 0 Å². The number of thioether (sulfide) groups is 1. The molecule has 0 spiro atoms. The number of amides is 2. The number of rotatable bonds is 8. The van der Waals surface area contributed by atoms with Crippen LogP contribution in [0.4, 0.5) is 10.2 Å². The van der Waals surface area contributed by atoms with Crippen molar-refractivity contribution in [1.29, 1.82) is 0 Å². The Kier molecular flexibility index (Phi) is 7.64. The molecule has 9 heteroatoms. The second kappa shape index (κ2) is 10.8. The first-order valence-corrected chi connectivity index (χ1v) is 12.1. The number of hydrogen-bond acceptors (Lipinski definition) is 5. The van der Waals surface area contributed by atoms with Crippen LogP contribution in [0.15, 0.2) is 54.6 Å². The van der Waals surface area contributed by atoms with Gasteiger partial charge in [-0.1, -0.05) is 30.3 Å². The molecule has 3 N–H and O–H groups in total. The number of carbonyl (C=O) groups is 2. The molecule has 4 rings (SSSR count). The highest BCUT2D eigenvalue weighted by atomic mass is 32.2. The maximum atomic E-state index is 13.5. The molecule has 1 aliphatic rings. The molecular formula is C25H28FN5O2S. The third-order valence-electron chi connectivity index (χ3n) is 5.61. The van der Waals surface area contributed by atoms with Crippen molar-refractivity contribution >= 4 is 29.4 Å². The molecule has 2 unspecified atom stereocenters. The van der Waals surface area contributed by atoms with Gasteiger partial charge in [-0.15, -0.1) is 11.8 Å². The Morgan fingerprint density at radius 1 is 1.15 bits per heavy atom. The van der Waals surface area contributed by atoms with Gasteiger partial charge in [-0.2, -0.15) is 5.10 Å². The largest absolute Gasteiger partial charge is 0.356 e. The van der Waals surface area contributed by atoms with Crippen LogP contribution in [0.25, 0.3) is 11.3 Å². The number of aromatic nitrogens is 2. The highest BCUT2D eigenvalue weighted by Crippen LogP contribution is 2.47. The number of H-pyrrole nitrogens is 1. The SMILES string of the molecule is CN(C)CCCNC(=O)CC1SC(c2ccccc2)c2c(n[nH]c2-c2ccc(F)cc2)NC1=O. The topological polar surface area (TPSA) is 90.1 Å². The highest BCUT2D eigenvalue weighted by molar-refractivity contribution is 8.01. The van der Waals surface area contributed by atoms with Crippen molar-refractivity contribution < 1.29 is 14.0 Å². The summed E-state index contributed by atoms with van der Waals surface area (Å²) in [5.41, 5.74) is 3.28. The predicted octanol–water partition coefficient (Wildman–Crippen LogP) is 3.82. The molecule has 0 saturated heterocycles. The molecular weight excluding hydrogens is 453 g/mol. The first-order valence-electron chi connectivity index (χ1n) is 11.2. The minimum absolute atomic E-state index is 0.0711. The molecule has 3 aromatic rings. The van der Waals surface area contributed by atoms with Gasteiger partial charge in [0, 0.05) is 24.1 Å². The zero-order valence-electron chi connectivity index (χ0n) is 19.2. The van der Waals surface area contributed by atoms with E-state index in [0.29, 0.717) is 18.1 Å². The van der Waals surface area contributed by atoms with Crippen molar-refractivity contribution in [3.8, 4) is 11.3 Å². The summed E-state index contributed by atoms with van der Waals surface area (Å²) in [6, 6.07) is 16.0. The molecule has 2 atom stereocenters. The Morgan fingerprint density at radius 3 is 2.59 bits per heavy atom. The number of fused-ring (bicyclic) bond motifs is 1. The quantitative estimate of drug-likeness (QED) is 0.426. The molecule has 2 amide bonds. The summed E-state index contributed by atoms with van der Waals surface area (Å²) in [5.74, 6) is -0.309. The van der Waals surface area contributed by atoms with Gasteiger partial charge in [0.05, 0.1) is 16.2 Å². The monoisotopic (exact) mass is 481 g/mol. The zero-order chi connectivity index (χ0) is 24.1. The van der Waals surface area contributed by atoms with E-state index in [1.54, 1.807) is 12.1 Å². The molecule has 0 fully saturated rings. The number of hydrogen-bond donors (Lipinski definition) is 3. The second-order valence-corrected chi connectivity index (χ2v) is 9.80. The van der Waals surface area contributed by atoms with Crippen LogP contribution in [-0.2, 0) is 9.59 Å². The second-order valence-electron chi connectivity index (χ2n) is 8.48. The lowest BCUT2D eigenvalue weighted by molar-refractivity contribution is -0.124. The van der Waals surface area contributed by atoms with E-state index in [1.165, 1.54) is 23.9 Å². The summed E-state index contributed by atoms with van der Waals surface area (Å²) in [5, 5.41) is 12.4. The van der Waals surface area contributed by atoms with Crippen LogP contribution in [-0.4, -0.2) is 59.3 Å². The Hall–Kier alpha value is -3.17. The van der Waals surface area contributed by atoms with Gasteiger partial charge >= 0.3 is 0 Å². The van der Waals surface area contributed by atoms with Gasteiger partial charge in [-0.25, -0.2) is 4.39 Å². The lowest BCUT2D eigenvalue weighted by Crippen LogP contribution is -2.33. The maximum Gasteiger partial charge on any atom is 0.239 e. The van der Waals surface area contributed by atoms with Gasteiger partial charge < -0.3 is 15.5 Å². The fourth-order valence-electron chi connectivity index (χ4n) is 3.91. The van der Waals surface area contributed by atoms with Gasteiger partial charge in [-0.3, -0.25) is 14.7 Å². The third kappa shape index (κ3) is 5.66. The van der Waals surface area contributed by atoms with Crippen molar-refractivity contribution in [2.24, 2.45) is 0 Å². The highest BCUT2D eigenvalue weighted by Gasteiger charge is 2.36. The van der Waals surface area contributed by atoms with Crippen molar-refractivity contribution in [3.05, 3.63) is 71.5 Å². The maximum absolute atomic E-state index is 13.5. The van der Waals surface area contributed by atoms with Gasteiger partial charge in [0.25, 0.3) is 0 Å². The first kappa shape index (κ1) is 24.0. The van der Waals surface area contributed by atoms with Gasteiger partial charge in [0.2, 0.25) is 11.8 Å². The Bertz CT molecular complexity index is 1130. The first-order chi connectivity index (χ1) is 16.4. The smallest absolute Gasteiger partial charge is 0.239 e. The Morgan fingerprint density at radius 2 is 1.88 bits per heavy atom. The third-order valence-corrected chi connectivity index (χ3v) is 7.10. The average Bonchev–Trinajstić information content (AvgIpc) is 3.17. The van der Waals surface area contributed by atoms with Crippen molar-refractivity contribution in [2.45, 2.75) is 23.3 Å². The van der Waals surface area contributed by atoms with Crippen LogP contribution in [0.2, 0.25) is 0 Å². The summed E-state index contributed by atoms with van der Waals surface area (Å²) in [6.45, 7) is 1.44. The normalized spacial score (nSPS) is 17.7. The molecule has 0 saturated carbocycles. The molecule has 1 aromatic heterocycles. The lowest BCUT2D eigenvalue weighted by Gasteiger charge is -2.20. The summed E-state index contributed by atoms with van der Waals surface area (Å²) < 4.78 is 13.5. The number of anilines is 1. The van der Waals surface area contributed by atoms with E-state index in [9.17, 15) is 14.0 Å². The van der Waals surface area contributed by atoms with Crippen molar-refractivity contribution in [1.82, 2.24) is 20.4 Å². The number of benzene rings is 2. The number of carbonyl (C=O) groups excluding carboxylic acids is 2. The van der Waals surface area contributed by atoms with Crippen LogP contribution in [0.1, 0.15) is 29.2 Å². The lowest BCUT2D eigenvalue weighted by atomic mass is 10.00. The molecule has 7 nitrogen and oxygen atoms in total. The molecule has 34 heavy (non-hydrogen) atoms. The molecule has 0 aliphatic carbocycles. The molecule has 1 aliphatic heterocycles. The van der Waals surface area contributed by atoms with E-state index in [-0.39, 0.29) is 29.3 Å². The fourth-order valence-corrected chi connectivity index (χ4v) is 5.35. The van der Waals surface area contributed by atoms with E-state index in [0.717, 1.165) is 29.7 Å². The van der Waals surface area contributed by atoms with E-state index >= 15 is 0 Å². The molecule has 2 aromatic carbocycles. The molecule has 178 valence electrons. The standard InChI is InChI=1S/C25H28FN5O2S/c1-31(2)14-6-13-27-20(32)15-19-25(33)28-24-21(23(34-19)17-7-4-3-5-8-17)22(29-30-24)16-9-11-18(26)12-10-16/h3-5,7-12,19,23H,6,13-15H2,1-2H3,(H,27,32)(H2,28,29,30,33). The minimum atomic E-state index is -0.589. The van der Waals surface area contributed by atoms with Crippen LogP contribution < -0.4 is 10.6 Å². The van der Waals surface area contributed by atoms with Gasteiger partial charge in [0.15, 0.2) is 5.82 Å². The molecule has 0 bridgehead atoms. The van der Waals surface area contributed by atoms with Gasteiger partial charge in [-0.05, 0) is 56.9 Å². The summed E-state index contributed by atoms with van der Waals surface area (Å²) in [6.07, 6.45) is 0.910. The molecule has 0 radical (unpaired) electrons. The fraction of sp³-hybridized carbons (Fsp3) is 0.320. The van der Waals surface area contributed by atoms with E-state index < -0.39 is 5.25 Å². The van der Waals surface area contributed by atoms with Crippen LogP contribution in [0, 0.1) is 5.82 Å². The average molecular weight is 482 g/mol. The Labute approximate surface area is 202 Å². The number of nitrogens with one attached hydrogen (secondary N) is 3. The zero-order valence-corrected chi connectivity index (χ0v) is 20.0. The van der Waals surface area contributed by atoms with Crippen LogP contribution >= 0.6 is 11.8 Å². The molecule has 2 heterocycles. The van der Waals surface area contributed by atoms with E-state index in [4.69, 9.17) is 0 Å². The minimum Gasteiger partial charge on any atom is -0.356 e. The number of nitrogens with zero attached hydrogens (tertiary/aromatic N) is 2.